The molecule has 6 N–H and O–H groups in total. The molecule has 1 aromatic rings. The lowest BCUT2D eigenvalue weighted by atomic mass is 9.84. The number of hydrogen-bond donors (Lipinski definition) is 5. The highest BCUT2D eigenvalue weighted by molar-refractivity contribution is 7.80. The molecule has 0 aromatic carbocycles. The summed E-state index contributed by atoms with van der Waals surface area (Å²) in [6.45, 7) is 1.99. The van der Waals surface area contributed by atoms with E-state index in [1.54, 1.807) is 0 Å². The highest BCUT2D eigenvalue weighted by Crippen LogP contribution is 2.32. The van der Waals surface area contributed by atoms with Crippen LogP contribution in [0.25, 0.3) is 0 Å². The van der Waals surface area contributed by atoms with Gasteiger partial charge in [-0.15, -0.1) is 20.7 Å². The Labute approximate surface area is 167 Å². The van der Waals surface area contributed by atoms with Crippen LogP contribution in [-0.2, 0) is 33.9 Å². The molecule has 0 bridgehead atoms. The molecular formula is C12H16N6O9S2. The smallest absolute Gasteiger partial charge is 0.418 e. The second-order valence-corrected chi connectivity index (χ2v) is 7.89. The second-order valence-electron chi connectivity index (χ2n) is 6.00. The second kappa shape index (κ2) is 8.25. The van der Waals surface area contributed by atoms with E-state index in [4.69, 9.17) is 15.4 Å². The Balaban J connectivity index is 2.16. The average Bonchev–Trinajstić information content (AvgIpc) is 3.02. The first kappa shape index (κ1) is 22.4. The van der Waals surface area contributed by atoms with E-state index in [0.717, 1.165) is 11.3 Å². The first-order chi connectivity index (χ1) is 13.3. The van der Waals surface area contributed by atoms with Crippen molar-refractivity contribution in [3.63, 3.8) is 0 Å². The van der Waals surface area contributed by atoms with Gasteiger partial charge in [-0.05, 0) is 13.8 Å². The van der Waals surface area contributed by atoms with Gasteiger partial charge in [-0.1, -0.05) is 0 Å². The number of β-lactam (4-membered cyclic amide) rings is 1. The number of nitrogens with one attached hydrogen (secondary N) is 2. The van der Waals surface area contributed by atoms with Gasteiger partial charge in [-0.2, -0.15) is 19.1 Å². The summed E-state index contributed by atoms with van der Waals surface area (Å²) in [5.41, 5.74) is 5.72. The van der Waals surface area contributed by atoms with Crippen LogP contribution in [0.2, 0.25) is 0 Å². The van der Waals surface area contributed by atoms with Crippen molar-refractivity contribution in [3.05, 3.63) is 11.1 Å². The number of hydrazone groups is 1. The van der Waals surface area contributed by atoms with Crippen molar-refractivity contribution < 1.29 is 41.6 Å². The van der Waals surface area contributed by atoms with Crippen LogP contribution in [0.4, 0.5) is 5.13 Å². The van der Waals surface area contributed by atoms with Crippen molar-refractivity contribution in [1.82, 2.24) is 21.0 Å². The van der Waals surface area contributed by atoms with Gasteiger partial charge in [0.2, 0.25) is 0 Å². The van der Waals surface area contributed by atoms with Crippen LogP contribution in [0.15, 0.2) is 10.5 Å². The Hall–Kier alpha value is -2.86. The maximum atomic E-state index is 12.6. The molecular weight excluding hydrogens is 436 g/mol. The quantitative estimate of drug-likeness (QED) is 0.0891. The minimum absolute atomic E-state index is 0.00652. The molecule has 1 atom stereocenters. The predicted octanol–water partition coefficient (Wildman–Crippen LogP) is -2.12. The molecule has 0 unspecified atom stereocenters. The van der Waals surface area contributed by atoms with Gasteiger partial charge < -0.3 is 16.2 Å². The summed E-state index contributed by atoms with van der Waals surface area (Å²) in [5.74, 6) is -3.18. The van der Waals surface area contributed by atoms with Gasteiger partial charge in [0.25, 0.3) is 11.8 Å². The summed E-state index contributed by atoms with van der Waals surface area (Å²) < 4.78 is 34.6. The summed E-state index contributed by atoms with van der Waals surface area (Å²) in [4.78, 5) is 43.6. The van der Waals surface area contributed by atoms with E-state index in [0.29, 0.717) is 5.06 Å². The Morgan fingerprint density at radius 3 is 2.62 bits per heavy atom. The van der Waals surface area contributed by atoms with Crippen LogP contribution in [0.3, 0.4) is 0 Å². The minimum Gasteiger partial charge on any atom is -0.479 e. The lowest BCUT2D eigenvalue weighted by molar-refractivity contribution is -0.218. The maximum Gasteiger partial charge on any atom is 0.418 e. The summed E-state index contributed by atoms with van der Waals surface area (Å²) in [7, 11) is -4.95. The molecule has 15 nitrogen and oxygen atoms in total. The Kier molecular flexibility index (Phi) is 6.38. The number of amides is 2. The Morgan fingerprint density at radius 1 is 1.48 bits per heavy atom. The standard InChI is InChI=1S/C12H16N6O9S2/c1-12(2)8(10(22)18(12)27-29(23,24)25)15-9(21)7(5-4-28-11(13)14-5)16-17-26-3-6(19)20/h4,8,17H,3H2,1-2H3,(H2,13,14)(H,15,21)(H,19,20)(H,23,24,25)/t8-/m1/s1. The predicted molar refractivity (Wildman–Crippen MR) is 95.3 cm³/mol. The van der Waals surface area contributed by atoms with Crippen LogP contribution in [0, 0.1) is 0 Å². The van der Waals surface area contributed by atoms with E-state index in [2.05, 4.69) is 24.5 Å². The minimum atomic E-state index is -4.95. The van der Waals surface area contributed by atoms with Gasteiger partial charge in [-0.3, -0.25) is 14.1 Å². The summed E-state index contributed by atoms with van der Waals surface area (Å²) in [6, 6.07) is -1.24. The molecule has 0 aliphatic carbocycles. The molecule has 1 aromatic heterocycles. The number of hydrogen-bond acceptors (Lipinski definition) is 12. The number of aliphatic carboxylic acids is 1. The third-order valence-corrected chi connectivity index (χ3v) is 4.53. The number of nitrogen functional groups attached to an aromatic ring is 1. The highest BCUT2D eigenvalue weighted by atomic mass is 32.3. The SMILES string of the molecule is CC1(C)[C@H](NC(=O)C(=NNOCC(=O)O)c2csc(N)n2)C(=O)N1OS(=O)(=O)O. The van der Waals surface area contributed by atoms with Crippen LogP contribution < -0.4 is 16.6 Å². The van der Waals surface area contributed by atoms with Crippen LogP contribution in [0.1, 0.15) is 19.5 Å². The molecule has 160 valence electrons. The normalized spacial score (nSPS) is 18.9. The number of nitrogens with zero attached hydrogens (tertiary/aromatic N) is 3. The van der Waals surface area contributed by atoms with Gasteiger partial charge >= 0.3 is 16.4 Å². The zero-order valence-electron chi connectivity index (χ0n) is 14.8. The Bertz CT molecular complexity index is 957. The number of rotatable bonds is 9. The third-order valence-electron chi connectivity index (χ3n) is 3.52. The van der Waals surface area contributed by atoms with E-state index < -0.39 is 46.4 Å². The number of carboxylic acid groups (broad SMARTS) is 1. The van der Waals surface area contributed by atoms with Crippen molar-refractivity contribution >= 4 is 50.4 Å². The van der Waals surface area contributed by atoms with Crippen LogP contribution in [-0.4, -0.2) is 69.8 Å². The molecule has 1 aliphatic rings. The molecule has 2 heterocycles. The lowest BCUT2D eigenvalue weighted by Gasteiger charge is -2.50. The van der Waals surface area contributed by atoms with Gasteiger partial charge in [0.1, 0.15) is 11.7 Å². The first-order valence-corrected chi connectivity index (χ1v) is 9.77. The van der Waals surface area contributed by atoms with Gasteiger partial charge in [0.05, 0.1) is 5.54 Å². The Morgan fingerprint density at radius 2 is 2.14 bits per heavy atom. The monoisotopic (exact) mass is 452 g/mol. The number of carbonyl (C=O) groups is 3. The summed E-state index contributed by atoms with van der Waals surface area (Å²) in [6.07, 6.45) is 0. The molecule has 1 saturated heterocycles. The molecule has 17 heteroatoms. The zero-order valence-corrected chi connectivity index (χ0v) is 16.5. The van der Waals surface area contributed by atoms with E-state index in [9.17, 15) is 22.8 Å². The topological polar surface area (TPSA) is 223 Å². The maximum absolute atomic E-state index is 12.6. The largest absolute Gasteiger partial charge is 0.479 e. The number of carboxylic acids is 1. The van der Waals surface area contributed by atoms with E-state index in [-0.39, 0.29) is 16.5 Å². The number of anilines is 1. The highest BCUT2D eigenvalue weighted by Gasteiger charge is 2.58. The van der Waals surface area contributed by atoms with Crippen molar-refractivity contribution in [3.8, 4) is 0 Å². The molecule has 1 fully saturated rings. The van der Waals surface area contributed by atoms with E-state index in [1.165, 1.54) is 19.2 Å². The molecule has 0 spiro atoms. The molecule has 2 amide bonds. The molecule has 0 radical (unpaired) electrons. The van der Waals surface area contributed by atoms with Crippen LogP contribution in [0.5, 0.6) is 0 Å². The van der Waals surface area contributed by atoms with Crippen LogP contribution >= 0.6 is 11.3 Å². The van der Waals surface area contributed by atoms with E-state index >= 15 is 0 Å². The molecule has 0 saturated carbocycles. The fourth-order valence-corrected chi connectivity index (χ4v) is 3.21. The lowest BCUT2D eigenvalue weighted by Crippen LogP contribution is -2.76. The van der Waals surface area contributed by atoms with Gasteiger partial charge in [-0.25, -0.2) is 14.6 Å². The number of aromatic nitrogens is 1. The fourth-order valence-electron chi connectivity index (χ4n) is 2.21. The van der Waals surface area contributed by atoms with Crippen molar-refractivity contribution in [2.75, 3.05) is 12.3 Å². The molecule has 29 heavy (non-hydrogen) atoms. The van der Waals surface area contributed by atoms with Gasteiger partial charge in [0, 0.05) is 5.38 Å². The van der Waals surface area contributed by atoms with Gasteiger partial charge in [0.15, 0.2) is 17.5 Å². The van der Waals surface area contributed by atoms with E-state index in [1.807, 2.05) is 5.59 Å². The molecule has 1 aliphatic heterocycles. The molecule has 2 rings (SSSR count). The van der Waals surface area contributed by atoms with Crippen molar-refractivity contribution in [1.29, 1.82) is 0 Å². The van der Waals surface area contributed by atoms with Crippen molar-refractivity contribution in [2.45, 2.75) is 25.4 Å². The fraction of sp³-hybridized carbons (Fsp3) is 0.417. The number of nitrogens with two attached hydrogens (primary N) is 1. The summed E-state index contributed by atoms with van der Waals surface area (Å²) >= 11 is 0.993. The van der Waals surface area contributed by atoms with Crippen molar-refractivity contribution in [2.24, 2.45) is 5.10 Å². The number of hydroxylamine groups is 2. The number of carbonyl (C=O) groups excluding carboxylic acids is 2. The first-order valence-electron chi connectivity index (χ1n) is 7.52. The zero-order chi connectivity index (χ0) is 22.0. The summed E-state index contributed by atoms with van der Waals surface area (Å²) in [5, 5.41) is 16.3. The average molecular weight is 452 g/mol. The third kappa shape index (κ3) is 5.35. The number of thiazole rings is 1.